The van der Waals surface area contributed by atoms with Crippen molar-refractivity contribution in [3.63, 3.8) is 0 Å². The summed E-state index contributed by atoms with van der Waals surface area (Å²) in [5, 5.41) is 10.8. The number of carboxylic acid groups (broad SMARTS) is 1. The molecule has 0 fully saturated rings. The fourth-order valence-corrected chi connectivity index (χ4v) is 2.11. The van der Waals surface area contributed by atoms with E-state index in [-0.39, 0.29) is 5.92 Å². The molecule has 2 aromatic rings. The highest BCUT2D eigenvalue weighted by Crippen LogP contribution is 2.26. The van der Waals surface area contributed by atoms with Gasteiger partial charge in [-0.25, -0.2) is 0 Å². The zero-order valence-electron chi connectivity index (χ0n) is 11.4. The van der Waals surface area contributed by atoms with Gasteiger partial charge in [-0.1, -0.05) is 50.2 Å². The van der Waals surface area contributed by atoms with Crippen molar-refractivity contribution in [1.82, 2.24) is 0 Å². The minimum absolute atomic E-state index is 0.324. The summed E-state index contributed by atoms with van der Waals surface area (Å²) >= 11 is 0. The number of hydrogen-bond acceptors (Lipinski definition) is 3. The van der Waals surface area contributed by atoms with Gasteiger partial charge in [0.1, 0.15) is 5.75 Å². The monoisotopic (exact) mass is 272 g/mol. The van der Waals surface area contributed by atoms with Crippen LogP contribution in [0.4, 0.5) is 0 Å². The lowest BCUT2D eigenvalue weighted by molar-refractivity contribution is -0.154. The van der Waals surface area contributed by atoms with E-state index >= 15 is 0 Å². The van der Waals surface area contributed by atoms with Crippen molar-refractivity contribution >= 4 is 22.7 Å². The van der Waals surface area contributed by atoms with Crippen LogP contribution in [0.15, 0.2) is 42.5 Å². The first kappa shape index (κ1) is 14.1. The molecule has 20 heavy (non-hydrogen) atoms. The Bertz CT molecular complexity index is 640. The third-order valence-corrected chi connectivity index (χ3v) is 3.15. The summed E-state index contributed by atoms with van der Waals surface area (Å²) in [6.45, 7) is 3.37. The van der Waals surface area contributed by atoms with Crippen LogP contribution in [0.5, 0.6) is 5.75 Å². The van der Waals surface area contributed by atoms with Gasteiger partial charge in [0.05, 0.1) is 0 Å². The molecule has 0 amide bonds. The third kappa shape index (κ3) is 2.79. The maximum atomic E-state index is 12.0. The van der Waals surface area contributed by atoms with Gasteiger partial charge in [-0.2, -0.15) is 0 Å². The SMILES string of the molecule is CC(C)[C@@H](C(=O)O)C(=O)Oc1cccc2ccccc12. The second-order valence-corrected chi connectivity index (χ2v) is 4.96. The van der Waals surface area contributed by atoms with Gasteiger partial charge in [-0.15, -0.1) is 0 Å². The van der Waals surface area contributed by atoms with E-state index in [1.807, 2.05) is 30.3 Å². The number of carbonyl (C=O) groups is 2. The predicted octanol–water partition coefficient (Wildman–Crippen LogP) is 3.10. The molecule has 4 heteroatoms. The number of fused-ring (bicyclic) bond motifs is 1. The molecule has 0 heterocycles. The van der Waals surface area contributed by atoms with E-state index in [1.165, 1.54) is 0 Å². The Kier molecular flexibility index (Phi) is 4.03. The quantitative estimate of drug-likeness (QED) is 0.527. The number of aliphatic carboxylic acids is 1. The minimum Gasteiger partial charge on any atom is -0.481 e. The van der Waals surface area contributed by atoms with E-state index in [4.69, 9.17) is 9.84 Å². The summed E-state index contributed by atoms with van der Waals surface area (Å²) in [6.07, 6.45) is 0. The molecule has 0 aliphatic carbocycles. The Labute approximate surface area is 117 Å². The molecule has 0 unspecified atom stereocenters. The topological polar surface area (TPSA) is 63.6 Å². The summed E-state index contributed by atoms with van der Waals surface area (Å²) in [5.74, 6) is -2.99. The molecular weight excluding hydrogens is 256 g/mol. The van der Waals surface area contributed by atoms with Crippen molar-refractivity contribution < 1.29 is 19.4 Å². The van der Waals surface area contributed by atoms with Gasteiger partial charge in [0.25, 0.3) is 0 Å². The van der Waals surface area contributed by atoms with E-state index in [0.717, 1.165) is 10.8 Å². The van der Waals surface area contributed by atoms with Gasteiger partial charge in [-0.3, -0.25) is 9.59 Å². The summed E-state index contributed by atoms with van der Waals surface area (Å²) in [5.41, 5.74) is 0. The molecule has 4 nitrogen and oxygen atoms in total. The molecule has 104 valence electrons. The Morgan fingerprint density at radius 3 is 2.35 bits per heavy atom. The lowest BCUT2D eigenvalue weighted by atomic mass is 9.96. The Morgan fingerprint density at radius 1 is 1.05 bits per heavy atom. The van der Waals surface area contributed by atoms with Gasteiger partial charge < -0.3 is 9.84 Å². The molecule has 0 saturated carbocycles. The highest BCUT2D eigenvalue weighted by molar-refractivity contribution is 5.97. The molecule has 2 aromatic carbocycles. The molecule has 0 radical (unpaired) electrons. The number of esters is 1. The van der Waals surface area contributed by atoms with E-state index < -0.39 is 17.9 Å². The van der Waals surface area contributed by atoms with Crippen molar-refractivity contribution in [2.75, 3.05) is 0 Å². The third-order valence-electron chi connectivity index (χ3n) is 3.15. The van der Waals surface area contributed by atoms with Crippen LogP contribution in [0.25, 0.3) is 10.8 Å². The lowest BCUT2D eigenvalue weighted by Gasteiger charge is -2.15. The molecule has 0 saturated heterocycles. The summed E-state index contributed by atoms with van der Waals surface area (Å²) in [6, 6.07) is 12.8. The Hall–Kier alpha value is -2.36. The predicted molar refractivity (Wildman–Crippen MR) is 75.5 cm³/mol. The largest absolute Gasteiger partial charge is 0.481 e. The average Bonchev–Trinajstić information content (AvgIpc) is 2.38. The first-order valence-electron chi connectivity index (χ1n) is 6.43. The lowest BCUT2D eigenvalue weighted by Crippen LogP contribution is -2.32. The van der Waals surface area contributed by atoms with Crippen molar-refractivity contribution in [2.45, 2.75) is 13.8 Å². The van der Waals surface area contributed by atoms with Gasteiger partial charge in [0.15, 0.2) is 5.92 Å². The molecule has 0 spiro atoms. The zero-order valence-corrected chi connectivity index (χ0v) is 11.4. The van der Waals surface area contributed by atoms with E-state index in [2.05, 4.69) is 0 Å². The molecular formula is C16H16O4. The molecule has 1 atom stereocenters. The number of benzene rings is 2. The number of ether oxygens (including phenoxy) is 1. The van der Waals surface area contributed by atoms with Crippen LogP contribution in [-0.2, 0) is 9.59 Å². The highest BCUT2D eigenvalue weighted by atomic mass is 16.5. The van der Waals surface area contributed by atoms with Gasteiger partial charge >= 0.3 is 11.9 Å². The van der Waals surface area contributed by atoms with E-state index in [9.17, 15) is 9.59 Å². The molecule has 0 aliphatic heterocycles. The van der Waals surface area contributed by atoms with Crippen molar-refractivity contribution in [1.29, 1.82) is 0 Å². The van der Waals surface area contributed by atoms with Crippen molar-refractivity contribution in [3.8, 4) is 5.75 Å². The maximum Gasteiger partial charge on any atom is 0.325 e. The average molecular weight is 272 g/mol. The minimum atomic E-state index is -1.16. The first-order valence-corrected chi connectivity index (χ1v) is 6.43. The van der Waals surface area contributed by atoms with Crippen LogP contribution in [0.2, 0.25) is 0 Å². The van der Waals surface area contributed by atoms with E-state index in [1.54, 1.807) is 26.0 Å². The molecule has 0 aliphatic rings. The van der Waals surface area contributed by atoms with E-state index in [0.29, 0.717) is 5.75 Å². The maximum absolute atomic E-state index is 12.0. The van der Waals surface area contributed by atoms with Crippen LogP contribution in [0.1, 0.15) is 13.8 Å². The first-order chi connectivity index (χ1) is 9.50. The Morgan fingerprint density at radius 2 is 1.70 bits per heavy atom. The molecule has 0 bridgehead atoms. The van der Waals surface area contributed by atoms with Gasteiger partial charge in [-0.05, 0) is 17.4 Å². The number of hydrogen-bond donors (Lipinski definition) is 1. The number of rotatable bonds is 4. The zero-order chi connectivity index (χ0) is 14.7. The molecule has 0 aromatic heterocycles. The summed E-state index contributed by atoms with van der Waals surface area (Å²) in [4.78, 5) is 23.2. The Balaban J connectivity index is 2.32. The van der Waals surface area contributed by atoms with Crippen LogP contribution < -0.4 is 4.74 Å². The van der Waals surface area contributed by atoms with Crippen LogP contribution in [0.3, 0.4) is 0 Å². The second kappa shape index (κ2) is 5.74. The highest BCUT2D eigenvalue weighted by Gasteiger charge is 2.31. The standard InChI is InChI=1S/C16H16O4/c1-10(2)14(15(17)18)16(19)20-13-9-5-7-11-6-3-4-8-12(11)13/h3-10,14H,1-2H3,(H,17,18)/t14-/m0/s1. The van der Waals surface area contributed by atoms with Crippen LogP contribution in [0, 0.1) is 11.8 Å². The van der Waals surface area contributed by atoms with Crippen LogP contribution >= 0.6 is 0 Å². The number of carbonyl (C=O) groups excluding carboxylic acids is 1. The molecule has 1 N–H and O–H groups in total. The normalized spacial score (nSPS) is 12.3. The second-order valence-electron chi connectivity index (χ2n) is 4.96. The number of carboxylic acids is 1. The van der Waals surface area contributed by atoms with Gasteiger partial charge in [0, 0.05) is 5.39 Å². The van der Waals surface area contributed by atoms with Crippen molar-refractivity contribution in [2.24, 2.45) is 11.8 Å². The van der Waals surface area contributed by atoms with Crippen LogP contribution in [-0.4, -0.2) is 17.0 Å². The summed E-state index contributed by atoms with van der Waals surface area (Å²) in [7, 11) is 0. The fourth-order valence-electron chi connectivity index (χ4n) is 2.11. The van der Waals surface area contributed by atoms with Gasteiger partial charge in [0.2, 0.25) is 0 Å². The fraction of sp³-hybridized carbons (Fsp3) is 0.250. The molecule has 2 rings (SSSR count). The van der Waals surface area contributed by atoms with Crippen molar-refractivity contribution in [3.05, 3.63) is 42.5 Å². The summed E-state index contributed by atoms with van der Waals surface area (Å²) < 4.78 is 5.29. The smallest absolute Gasteiger partial charge is 0.325 e.